The predicted octanol–water partition coefficient (Wildman–Crippen LogP) is 2.16. The highest BCUT2D eigenvalue weighted by atomic mass is 14.5. The summed E-state index contributed by atoms with van der Waals surface area (Å²) in [6.07, 6.45) is 5.42. The second kappa shape index (κ2) is 2.91. The van der Waals surface area contributed by atoms with Crippen molar-refractivity contribution in [3.05, 3.63) is 0 Å². The van der Waals surface area contributed by atoms with Crippen molar-refractivity contribution in [2.45, 2.75) is 39.5 Å². The summed E-state index contributed by atoms with van der Waals surface area (Å²) in [6.45, 7) is 5.61. The minimum Gasteiger partial charge on any atom is -0.330 e. The lowest BCUT2D eigenvalue weighted by molar-refractivity contribution is 0.278. The Kier molecular flexibility index (Phi) is 2.35. The molecular formula is C9H19N. The monoisotopic (exact) mass is 141 g/mol. The highest BCUT2D eigenvalue weighted by Gasteiger charge is 2.36. The molecule has 0 amide bonds. The van der Waals surface area contributed by atoms with Gasteiger partial charge in [-0.05, 0) is 43.6 Å². The summed E-state index contributed by atoms with van der Waals surface area (Å²) in [5.41, 5.74) is 6.04. The van der Waals surface area contributed by atoms with E-state index in [1.54, 1.807) is 0 Å². The largest absolute Gasteiger partial charge is 0.330 e. The van der Waals surface area contributed by atoms with Crippen LogP contribution in [0, 0.1) is 11.3 Å². The van der Waals surface area contributed by atoms with Crippen LogP contribution in [0.15, 0.2) is 0 Å². The Bertz CT molecular complexity index is 103. The van der Waals surface area contributed by atoms with Crippen LogP contribution in [0.5, 0.6) is 0 Å². The Morgan fingerprint density at radius 3 is 2.40 bits per heavy atom. The van der Waals surface area contributed by atoms with Gasteiger partial charge in [-0.25, -0.2) is 0 Å². The van der Waals surface area contributed by atoms with Crippen molar-refractivity contribution in [1.82, 2.24) is 0 Å². The van der Waals surface area contributed by atoms with Crippen molar-refractivity contribution in [3.63, 3.8) is 0 Å². The fourth-order valence-corrected chi connectivity index (χ4v) is 1.63. The molecule has 1 nitrogen and oxygen atoms in total. The van der Waals surface area contributed by atoms with E-state index in [-0.39, 0.29) is 0 Å². The standard InChI is InChI=1S/C9H19N/c1-9(2,6-3-7-10)8-4-5-8/h8H,3-7,10H2,1-2H3. The topological polar surface area (TPSA) is 26.0 Å². The Hall–Kier alpha value is -0.0400. The van der Waals surface area contributed by atoms with Crippen molar-refractivity contribution in [2.24, 2.45) is 17.1 Å². The number of hydrogen-bond acceptors (Lipinski definition) is 1. The third kappa shape index (κ3) is 1.98. The van der Waals surface area contributed by atoms with E-state index >= 15 is 0 Å². The van der Waals surface area contributed by atoms with E-state index in [0.29, 0.717) is 5.41 Å². The Balaban J connectivity index is 2.20. The molecule has 1 saturated carbocycles. The van der Waals surface area contributed by atoms with Gasteiger partial charge in [0.15, 0.2) is 0 Å². The molecule has 60 valence electrons. The third-order valence-electron chi connectivity index (χ3n) is 2.71. The van der Waals surface area contributed by atoms with Gasteiger partial charge in [0.1, 0.15) is 0 Å². The number of nitrogens with two attached hydrogens (primary N) is 1. The summed E-state index contributed by atoms with van der Waals surface area (Å²) < 4.78 is 0. The molecule has 0 radical (unpaired) electrons. The normalized spacial score (nSPS) is 19.5. The zero-order valence-corrected chi connectivity index (χ0v) is 7.19. The fraction of sp³-hybridized carbons (Fsp3) is 1.00. The van der Waals surface area contributed by atoms with Crippen LogP contribution in [-0.2, 0) is 0 Å². The second-order valence-corrected chi connectivity index (χ2v) is 4.16. The molecule has 0 aliphatic heterocycles. The van der Waals surface area contributed by atoms with Crippen molar-refractivity contribution in [2.75, 3.05) is 6.54 Å². The van der Waals surface area contributed by atoms with Crippen LogP contribution in [0.4, 0.5) is 0 Å². The quantitative estimate of drug-likeness (QED) is 0.638. The summed E-state index contributed by atoms with van der Waals surface area (Å²) >= 11 is 0. The van der Waals surface area contributed by atoms with Crippen LogP contribution in [-0.4, -0.2) is 6.54 Å². The average molecular weight is 141 g/mol. The second-order valence-electron chi connectivity index (χ2n) is 4.16. The molecular weight excluding hydrogens is 122 g/mol. The van der Waals surface area contributed by atoms with Crippen LogP contribution in [0.1, 0.15) is 39.5 Å². The van der Waals surface area contributed by atoms with Crippen molar-refractivity contribution in [3.8, 4) is 0 Å². The van der Waals surface area contributed by atoms with E-state index in [1.165, 1.54) is 25.7 Å². The highest BCUT2D eigenvalue weighted by molar-refractivity contribution is 4.87. The first-order chi connectivity index (χ1) is 4.67. The van der Waals surface area contributed by atoms with Crippen LogP contribution in [0.2, 0.25) is 0 Å². The summed E-state index contributed by atoms with van der Waals surface area (Å²) in [6, 6.07) is 0. The predicted molar refractivity (Wildman–Crippen MR) is 44.8 cm³/mol. The Labute approximate surface area is 64.0 Å². The maximum atomic E-state index is 5.46. The van der Waals surface area contributed by atoms with Gasteiger partial charge in [-0.15, -0.1) is 0 Å². The molecule has 0 aromatic rings. The van der Waals surface area contributed by atoms with Gasteiger partial charge in [0.05, 0.1) is 0 Å². The van der Waals surface area contributed by atoms with Crippen LogP contribution < -0.4 is 5.73 Å². The Morgan fingerprint density at radius 2 is 2.00 bits per heavy atom. The molecule has 1 fully saturated rings. The van der Waals surface area contributed by atoms with Gasteiger partial charge in [-0.3, -0.25) is 0 Å². The molecule has 2 N–H and O–H groups in total. The maximum Gasteiger partial charge on any atom is -0.00771 e. The zero-order valence-electron chi connectivity index (χ0n) is 7.19. The molecule has 1 aliphatic carbocycles. The Morgan fingerprint density at radius 1 is 1.40 bits per heavy atom. The van der Waals surface area contributed by atoms with Crippen LogP contribution in [0.3, 0.4) is 0 Å². The lowest BCUT2D eigenvalue weighted by atomic mass is 9.83. The minimum absolute atomic E-state index is 0.583. The molecule has 1 rings (SSSR count). The van der Waals surface area contributed by atoms with Gasteiger partial charge in [-0.2, -0.15) is 0 Å². The third-order valence-corrected chi connectivity index (χ3v) is 2.71. The van der Waals surface area contributed by atoms with Crippen LogP contribution >= 0.6 is 0 Å². The smallest absolute Gasteiger partial charge is 0.00771 e. The van der Waals surface area contributed by atoms with E-state index < -0.39 is 0 Å². The molecule has 0 bridgehead atoms. The summed E-state index contributed by atoms with van der Waals surface area (Å²) in [5, 5.41) is 0. The fourth-order valence-electron chi connectivity index (χ4n) is 1.63. The van der Waals surface area contributed by atoms with Gasteiger partial charge >= 0.3 is 0 Å². The van der Waals surface area contributed by atoms with Gasteiger partial charge in [0, 0.05) is 0 Å². The molecule has 0 unspecified atom stereocenters. The summed E-state index contributed by atoms with van der Waals surface area (Å²) in [4.78, 5) is 0. The average Bonchev–Trinajstić information content (AvgIpc) is 2.64. The molecule has 0 atom stereocenters. The highest BCUT2D eigenvalue weighted by Crippen LogP contribution is 2.47. The molecule has 0 saturated heterocycles. The van der Waals surface area contributed by atoms with Gasteiger partial charge in [-0.1, -0.05) is 13.8 Å². The summed E-state index contributed by atoms with van der Waals surface area (Å²) in [7, 11) is 0. The van der Waals surface area contributed by atoms with E-state index in [0.717, 1.165) is 12.5 Å². The summed E-state index contributed by atoms with van der Waals surface area (Å²) in [5.74, 6) is 1.01. The van der Waals surface area contributed by atoms with E-state index in [1.807, 2.05) is 0 Å². The number of hydrogen-bond donors (Lipinski definition) is 1. The van der Waals surface area contributed by atoms with Gasteiger partial charge in [0.2, 0.25) is 0 Å². The first kappa shape index (κ1) is 8.06. The molecule has 0 spiro atoms. The van der Waals surface area contributed by atoms with Crippen molar-refractivity contribution in [1.29, 1.82) is 0 Å². The SMILES string of the molecule is CC(C)(CCCN)C1CC1. The molecule has 1 aliphatic rings. The first-order valence-corrected chi connectivity index (χ1v) is 4.37. The van der Waals surface area contributed by atoms with Crippen molar-refractivity contribution >= 4 is 0 Å². The molecule has 10 heavy (non-hydrogen) atoms. The molecule has 1 heteroatoms. The zero-order chi connectivity index (χ0) is 7.61. The van der Waals surface area contributed by atoms with E-state index in [4.69, 9.17) is 5.73 Å². The molecule has 0 aromatic heterocycles. The van der Waals surface area contributed by atoms with Crippen LogP contribution in [0.25, 0.3) is 0 Å². The van der Waals surface area contributed by atoms with Gasteiger partial charge in [0.25, 0.3) is 0 Å². The molecule has 0 heterocycles. The van der Waals surface area contributed by atoms with Gasteiger partial charge < -0.3 is 5.73 Å². The van der Waals surface area contributed by atoms with Crippen molar-refractivity contribution < 1.29 is 0 Å². The first-order valence-electron chi connectivity index (χ1n) is 4.37. The lowest BCUT2D eigenvalue weighted by Gasteiger charge is -2.23. The minimum atomic E-state index is 0.583. The number of rotatable bonds is 4. The lowest BCUT2D eigenvalue weighted by Crippen LogP contribution is -2.15. The molecule has 0 aromatic carbocycles. The van der Waals surface area contributed by atoms with E-state index in [2.05, 4.69) is 13.8 Å². The maximum absolute atomic E-state index is 5.46. The van der Waals surface area contributed by atoms with E-state index in [9.17, 15) is 0 Å².